The van der Waals surface area contributed by atoms with Gasteiger partial charge >= 0.3 is 0 Å². The van der Waals surface area contributed by atoms with E-state index < -0.39 is 28.3 Å². The van der Waals surface area contributed by atoms with Gasteiger partial charge in [0.05, 0.1) is 15.6 Å². The Kier molecular flexibility index (Phi) is 5.81. The second kappa shape index (κ2) is 7.47. The average molecular weight is 437 g/mol. The van der Waals surface area contributed by atoms with E-state index in [-0.39, 0.29) is 15.6 Å². The zero-order valence-electron chi connectivity index (χ0n) is 12.0. The second-order valence-corrected chi connectivity index (χ2v) is 7.82. The Hall–Kier alpha value is -1.68. The second-order valence-electron chi connectivity index (χ2n) is 4.63. The monoisotopic (exact) mass is 435 g/mol. The number of nitrogens with two attached hydrogens (primary N) is 1. The van der Waals surface area contributed by atoms with Gasteiger partial charge in [0.15, 0.2) is 0 Å². The zero-order chi connectivity index (χ0) is 17.9. The number of amides is 1. The van der Waals surface area contributed by atoms with Crippen molar-refractivity contribution in [2.75, 3.05) is 10.8 Å². The van der Waals surface area contributed by atoms with Crippen LogP contribution < -0.4 is 15.6 Å². The van der Waals surface area contributed by atoms with Crippen LogP contribution in [0.3, 0.4) is 0 Å². The van der Waals surface area contributed by atoms with Crippen molar-refractivity contribution in [3.8, 4) is 0 Å². The summed E-state index contributed by atoms with van der Waals surface area (Å²) in [6.07, 6.45) is 0. The van der Waals surface area contributed by atoms with Gasteiger partial charge in [-0.1, -0.05) is 27.5 Å². The first-order chi connectivity index (χ1) is 11.3. The number of carbonyl (C=O) groups is 1. The number of hydrogen-bond acceptors (Lipinski definition) is 4. The molecule has 2 aromatic carbocycles. The number of halogens is 3. The number of rotatable bonds is 5. The van der Waals surface area contributed by atoms with Crippen molar-refractivity contribution in [3.63, 3.8) is 0 Å². The third-order valence-corrected chi connectivity index (χ3v) is 5.65. The number of sulfonamides is 1. The SMILES string of the molecule is NNC(=O)CN(c1ccc(F)c(Cl)c1)S(=O)(=O)c1ccc(Br)cc1. The lowest BCUT2D eigenvalue weighted by molar-refractivity contribution is -0.119. The molecule has 2 rings (SSSR count). The van der Waals surface area contributed by atoms with Gasteiger partial charge in [0.1, 0.15) is 12.4 Å². The molecule has 0 bridgehead atoms. The van der Waals surface area contributed by atoms with Crippen molar-refractivity contribution >= 4 is 49.1 Å². The Morgan fingerprint density at radius 3 is 2.42 bits per heavy atom. The van der Waals surface area contributed by atoms with Gasteiger partial charge in [0, 0.05) is 4.47 Å². The van der Waals surface area contributed by atoms with Gasteiger partial charge in [-0.2, -0.15) is 0 Å². The molecule has 0 heterocycles. The van der Waals surface area contributed by atoms with Gasteiger partial charge in [-0.05, 0) is 42.5 Å². The van der Waals surface area contributed by atoms with Gasteiger partial charge < -0.3 is 0 Å². The molecule has 0 saturated carbocycles. The summed E-state index contributed by atoms with van der Waals surface area (Å²) in [5.41, 5.74) is 1.90. The van der Waals surface area contributed by atoms with Crippen molar-refractivity contribution in [1.82, 2.24) is 5.43 Å². The lowest BCUT2D eigenvalue weighted by atomic mass is 10.3. The van der Waals surface area contributed by atoms with E-state index in [1.807, 2.05) is 5.43 Å². The molecule has 0 saturated heterocycles. The minimum atomic E-state index is -4.09. The van der Waals surface area contributed by atoms with Crippen LogP contribution in [0.25, 0.3) is 0 Å². The maximum absolute atomic E-state index is 13.4. The van der Waals surface area contributed by atoms with Crippen molar-refractivity contribution in [3.05, 3.63) is 57.8 Å². The maximum atomic E-state index is 13.4. The summed E-state index contributed by atoms with van der Waals surface area (Å²) in [7, 11) is -4.09. The molecule has 0 unspecified atom stereocenters. The Morgan fingerprint density at radius 2 is 1.88 bits per heavy atom. The molecule has 6 nitrogen and oxygen atoms in total. The highest BCUT2D eigenvalue weighted by atomic mass is 79.9. The quantitative estimate of drug-likeness (QED) is 0.428. The highest BCUT2D eigenvalue weighted by Gasteiger charge is 2.27. The topological polar surface area (TPSA) is 92.5 Å². The van der Waals surface area contributed by atoms with Crippen LogP contribution in [0, 0.1) is 5.82 Å². The number of nitrogens with one attached hydrogen (secondary N) is 1. The number of anilines is 1. The fourth-order valence-electron chi connectivity index (χ4n) is 1.87. The van der Waals surface area contributed by atoms with Crippen LogP contribution in [0.5, 0.6) is 0 Å². The summed E-state index contributed by atoms with van der Waals surface area (Å²) < 4.78 is 40.5. The van der Waals surface area contributed by atoms with E-state index in [0.29, 0.717) is 4.47 Å². The van der Waals surface area contributed by atoms with Crippen molar-refractivity contribution < 1.29 is 17.6 Å². The molecule has 1 amide bonds. The molecule has 0 aliphatic rings. The molecular formula is C14H12BrClFN3O3S. The van der Waals surface area contributed by atoms with Gasteiger partial charge in [0.25, 0.3) is 15.9 Å². The summed E-state index contributed by atoms with van der Waals surface area (Å²) in [4.78, 5) is 11.6. The van der Waals surface area contributed by atoms with E-state index in [9.17, 15) is 17.6 Å². The van der Waals surface area contributed by atoms with Gasteiger partial charge in [-0.25, -0.2) is 18.7 Å². The normalized spacial score (nSPS) is 11.2. The standard InChI is InChI=1S/C14H12BrClFN3O3S/c15-9-1-4-11(5-2-9)24(22,23)20(8-14(21)19-18)10-3-6-13(17)12(16)7-10/h1-7H,8,18H2,(H,19,21). The largest absolute Gasteiger partial charge is 0.293 e. The van der Waals surface area contributed by atoms with Gasteiger partial charge in [0.2, 0.25) is 0 Å². The fourth-order valence-corrected chi connectivity index (χ4v) is 3.72. The summed E-state index contributed by atoms with van der Waals surface area (Å²) in [5, 5.41) is -0.267. The molecule has 0 fully saturated rings. The van der Waals surface area contributed by atoms with Crippen LogP contribution in [-0.2, 0) is 14.8 Å². The Morgan fingerprint density at radius 1 is 1.25 bits per heavy atom. The molecule has 0 aliphatic carbocycles. The van der Waals surface area contributed by atoms with Gasteiger partial charge in [-0.3, -0.25) is 14.5 Å². The average Bonchev–Trinajstić information content (AvgIpc) is 2.55. The Labute approximate surface area is 151 Å². The highest BCUT2D eigenvalue weighted by Crippen LogP contribution is 2.28. The fraction of sp³-hybridized carbons (Fsp3) is 0.0714. The lowest BCUT2D eigenvalue weighted by Gasteiger charge is -2.24. The van der Waals surface area contributed by atoms with Crippen LogP contribution in [0.1, 0.15) is 0 Å². The molecule has 0 spiro atoms. The van der Waals surface area contributed by atoms with E-state index in [4.69, 9.17) is 17.4 Å². The number of carbonyl (C=O) groups excluding carboxylic acids is 1. The maximum Gasteiger partial charge on any atom is 0.264 e. The summed E-state index contributed by atoms with van der Waals surface area (Å²) in [6.45, 7) is -0.586. The molecule has 128 valence electrons. The molecule has 0 atom stereocenters. The molecule has 2 aromatic rings. The van der Waals surface area contributed by atoms with E-state index in [1.54, 1.807) is 12.1 Å². The smallest absolute Gasteiger partial charge is 0.264 e. The van der Waals surface area contributed by atoms with Gasteiger partial charge in [-0.15, -0.1) is 0 Å². The predicted molar refractivity (Wildman–Crippen MR) is 92.4 cm³/mol. The Balaban J connectivity index is 2.54. The first-order valence-corrected chi connectivity index (χ1v) is 9.09. The van der Waals surface area contributed by atoms with Crippen LogP contribution >= 0.6 is 27.5 Å². The predicted octanol–water partition coefficient (Wildman–Crippen LogP) is 2.43. The minimum absolute atomic E-state index is 0.0351. The zero-order valence-corrected chi connectivity index (χ0v) is 15.2. The molecule has 0 aromatic heterocycles. The number of hydrogen-bond donors (Lipinski definition) is 2. The molecule has 3 N–H and O–H groups in total. The summed E-state index contributed by atoms with van der Waals surface area (Å²) in [5.74, 6) is 3.60. The lowest BCUT2D eigenvalue weighted by Crippen LogP contribution is -2.43. The molecule has 10 heteroatoms. The number of nitrogens with zero attached hydrogens (tertiary/aromatic N) is 1. The van der Waals surface area contributed by atoms with Crippen molar-refractivity contribution in [2.45, 2.75) is 4.90 Å². The van der Waals surface area contributed by atoms with E-state index in [0.717, 1.165) is 16.4 Å². The summed E-state index contributed by atoms with van der Waals surface area (Å²) in [6, 6.07) is 9.19. The molecule has 0 radical (unpaired) electrons. The third-order valence-electron chi connectivity index (χ3n) is 3.04. The van der Waals surface area contributed by atoms with E-state index in [1.165, 1.54) is 18.2 Å². The summed E-state index contributed by atoms with van der Waals surface area (Å²) >= 11 is 8.93. The number of hydrazine groups is 1. The first-order valence-electron chi connectivity index (χ1n) is 6.48. The van der Waals surface area contributed by atoms with Crippen LogP contribution in [0.2, 0.25) is 5.02 Å². The van der Waals surface area contributed by atoms with E-state index in [2.05, 4.69) is 15.9 Å². The van der Waals surface area contributed by atoms with Crippen LogP contribution in [0.15, 0.2) is 51.8 Å². The molecule has 24 heavy (non-hydrogen) atoms. The molecular weight excluding hydrogens is 425 g/mol. The minimum Gasteiger partial charge on any atom is -0.293 e. The number of benzene rings is 2. The molecule has 0 aliphatic heterocycles. The van der Waals surface area contributed by atoms with E-state index >= 15 is 0 Å². The van der Waals surface area contributed by atoms with Crippen LogP contribution in [-0.4, -0.2) is 20.9 Å². The van der Waals surface area contributed by atoms with Crippen molar-refractivity contribution in [2.24, 2.45) is 5.84 Å². The third kappa shape index (κ3) is 4.04. The van der Waals surface area contributed by atoms with Crippen LogP contribution in [0.4, 0.5) is 10.1 Å². The van der Waals surface area contributed by atoms with Crippen molar-refractivity contribution in [1.29, 1.82) is 0 Å². The first kappa shape index (κ1) is 18.7. The Bertz CT molecular complexity index is 862. The highest BCUT2D eigenvalue weighted by molar-refractivity contribution is 9.10.